The Balaban J connectivity index is 2.48. The third-order valence-electron chi connectivity index (χ3n) is 4.04. The number of benzene rings is 1. The van der Waals surface area contributed by atoms with Crippen LogP contribution in [-0.2, 0) is 14.5 Å². The van der Waals surface area contributed by atoms with Crippen molar-refractivity contribution in [1.29, 1.82) is 0 Å². The van der Waals surface area contributed by atoms with E-state index < -0.39 is 15.7 Å². The summed E-state index contributed by atoms with van der Waals surface area (Å²) >= 11 is 1.31. The maximum Gasteiger partial charge on any atom is 0.249 e. The fourth-order valence-electron chi connectivity index (χ4n) is 2.38. The van der Waals surface area contributed by atoms with Gasteiger partial charge in [0.1, 0.15) is 0 Å². The predicted molar refractivity (Wildman–Crippen MR) is 106 cm³/mol. The van der Waals surface area contributed by atoms with Crippen molar-refractivity contribution in [1.82, 2.24) is 10.3 Å². The maximum atomic E-state index is 13.1. The van der Waals surface area contributed by atoms with Gasteiger partial charge < -0.3 is 11.1 Å². The van der Waals surface area contributed by atoms with E-state index in [-0.39, 0.29) is 18.4 Å². The van der Waals surface area contributed by atoms with Gasteiger partial charge in [-0.3, -0.25) is 9.59 Å². The van der Waals surface area contributed by atoms with E-state index in [4.69, 9.17) is 5.73 Å². The van der Waals surface area contributed by atoms with Crippen molar-refractivity contribution >= 4 is 28.7 Å². The monoisotopic (exact) mass is 376 g/mol. The summed E-state index contributed by atoms with van der Waals surface area (Å²) in [4.78, 5) is 24.6. The minimum absolute atomic E-state index is 0.153. The first-order valence-corrected chi connectivity index (χ1v) is 9.43. The summed E-state index contributed by atoms with van der Waals surface area (Å²) in [6, 6.07) is 9.56. The Bertz CT molecular complexity index is 719. The minimum atomic E-state index is -0.883. The molecule has 26 heavy (non-hydrogen) atoms. The summed E-state index contributed by atoms with van der Waals surface area (Å²) < 4.78 is 0. The SMILES string of the molecule is CC(C)(C)C(=O)NC1=NN(C(=O)C(C)(C)C)[C@](CN)(c2ccccc2)S1. The van der Waals surface area contributed by atoms with Crippen LogP contribution in [0.2, 0.25) is 0 Å². The van der Waals surface area contributed by atoms with E-state index in [9.17, 15) is 9.59 Å². The summed E-state index contributed by atoms with van der Waals surface area (Å²) in [5.41, 5.74) is 5.82. The molecule has 3 N–H and O–H groups in total. The number of carbonyl (C=O) groups excluding carboxylic acids is 2. The number of amides is 2. The normalized spacial score (nSPS) is 20.7. The molecule has 0 aromatic heterocycles. The zero-order valence-electron chi connectivity index (χ0n) is 16.3. The number of carbonyl (C=O) groups is 2. The van der Waals surface area contributed by atoms with Gasteiger partial charge in [-0.15, -0.1) is 5.10 Å². The Morgan fingerprint density at radius 1 is 1.12 bits per heavy atom. The average molecular weight is 377 g/mol. The zero-order valence-corrected chi connectivity index (χ0v) is 17.1. The highest BCUT2D eigenvalue weighted by Gasteiger charge is 2.50. The lowest BCUT2D eigenvalue weighted by atomic mass is 9.93. The van der Waals surface area contributed by atoms with E-state index in [0.717, 1.165) is 5.56 Å². The van der Waals surface area contributed by atoms with E-state index in [1.54, 1.807) is 0 Å². The molecular formula is C19H28N4O2S. The molecule has 7 heteroatoms. The Morgan fingerprint density at radius 3 is 2.15 bits per heavy atom. The summed E-state index contributed by atoms with van der Waals surface area (Å²) in [6.45, 7) is 11.2. The van der Waals surface area contributed by atoms with Crippen LogP contribution in [0.25, 0.3) is 0 Å². The molecule has 0 fully saturated rings. The molecule has 0 spiro atoms. The Labute approximate surface area is 159 Å². The lowest BCUT2D eigenvalue weighted by molar-refractivity contribution is -0.143. The van der Waals surface area contributed by atoms with Crippen LogP contribution in [0, 0.1) is 10.8 Å². The number of nitrogens with zero attached hydrogens (tertiary/aromatic N) is 2. The second-order valence-electron chi connectivity index (χ2n) is 8.43. The van der Waals surface area contributed by atoms with Crippen LogP contribution in [-0.4, -0.2) is 28.5 Å². The van der Waals surface area contributed by atoms with Crippen molar-refractivity contribution in [2.75, 3.05) is 6.54 Å². The summed E-state index contributed by atoms with van der Waals surface area (Å²) in [6.07, 6.45) is 0. The van der Waals surface area contributed by atoms with Gasteiger partial charge in [-0.25, -0.2) is 5.01 Å². The van der Waals surface area contributed by atoms with E-state index in [2.05, 4.69) is 10.4 Å². The average Bonchev–Trinajstić information content (AvgIpc) is 2.92. The van der Waals surface area contributed by atoms with Crippen molar-refractivity contribution in [3.05, 3.63) is 35.9 Å². The van der Waals surface area contributed by atoms with Crippen molar-refractivity contribution in [3.63, 3.8) is 0 Å². The van der Waals surface area contributed by atoms with Gasteiger partial charge >= 0.3 is 0 Å². The van der Waals surface area contributed by atoms with Gasteiger partial charge in [0.2, 0.25) is 11.8 Å². The molecule has 1 aromatic carbocycles. The van der Waals surface area contributed by atoms with Crippen LogP contribution in [0.1, 0.15) is 47.1 Å². The van der Waals surface area contributed by atoms with Crippen LogP contribution in [0.15, 0.2) is 35.4 Å². The first kappa shape index (κ1) is 20.5. The number of hydrogen-bond acceptors (Lipinski definition) is 5. The van der Waals surface area contributed by atoms with E-state index in [1.165, 1.54) is 16.8 Å². The molecule has 2 amide bonds. The second kappa shape index (κ2) is 7.04. The van der Waals surface area contributed by atoms with E-state index in [0.29, 0.717) is 5.17 Å². The third kappa shape index (κ3) is 3.94. The fourth-order valence-corrected chi connectivity index (χ4v) is 3.52. The van der Waals surface area contributed by atoms with Crippen LogP contribution >= 0.6 is 11.8 Å². The molecule has 6 nitrogen and oxygen atoms in total. The molecule has 0 saturated carbocycles. The molecule has 1 aliphatic rings. The summed E-state index contributed by atoms with van der Waals surface area (Å²) in [5, 5.41) is 9.12. The molecule has 142 valence electrons. The minimum Gasteiger partial charge on any atom is -0.327 e. The topological polar surface area (TPSA) is 87.8 Å². The van der Waals surface area contributed by atoms with E-state index in [1.807, 2.05) is 71.9 Å². The van der Waals surface area contributed by atoms with Crippen LogP contribution in [0.5, 0.6) is 0 Å². The quantitative estimate of drug-likeness (QED) is 0.831. The smallest absolute Gasteiger partial charge is 0.249 e. The number of nitrogens with one attached hydrogen (secondary N) is 1. The van der Waals surface area contributed by atoms with Crippen LogP contribution < -0.4 is 11.1 Å². The molecule has 1 heterocycles. The largest absolute Gasteiger partial charge is 0.327 e. The first-order chi connectivity index (χ1) is 11.9. The van der Waals surface area contributed by atoms with Gasteiger partial charge in [0.15, 0.2) is 10.0 Å². The highest BCUT2D eigenvalue weighted by Crippen LogP contribution is 2.46. The zero-order chi connectivity index (χ0) is 19.8. The number of thioether (sulfide) groups is 1. The molecule has 1 aliphatic heterocycles. The number of nitrogens with two attached hydrogens (primary N) is 1. The first-order valence-electron chi connectivity index (χ1n) is 8.61. The molecule has 1 atom stereocenters. The third-order valence-corrected chi connectivity index (χ3v) is 5.33. The van der Waals surface area contributed by atoms with Gasteiger partial charge in [0.25, 0.3) is 0 Å². The Hall–Kier alpha value is -1.86. The standard InChI is InChI=1S/C19H28N4O2S/c1-17(2,3)14(24)21-16-22-23(15(25)18(4,5)6)19(12-20,26-16)13-10-8-7-9-11-13/h7-11H,12,20H2,1-6H3,(H,21,22,24)/t19-/m0/s1. The molecule has 1 aromatic rings. The molecule has 0 aliphatic carbocycles. The van der Waals surface area contributed by atoms with Gasteiger partial charge in [-0.05, 0) is 17.3 Å². The van der Waals surface area contributed by atoms with Gasteiger partial charge in [-0.1, -0.05) is 71.9 Å². The number of amidine groups is 1. The Morgan fingerprint density at radius 2 is 1.69 bits per heavy atom. The molecule has 0 bridgehead atoms. The van der Waals surface area contributed by atoms with Crippen molar-refractivity contribution in [2.45, 2.75) is 46.4 Å². The maximum absolute atomic E-state index is 13.1. The van der Waals surface area contributed by atoms with Crippen LogP contribution in [0.3, 0.4) is 0 Å². The lowest BCUT2D eigenvalue weighted by Gasteiger charge is -2.37. The fraction of sp³-hybridized carbons (Fsp3) is 0.526. The van der Waals surface area contributed by atoms with Crippen molar-refractivity contribution in [3.8, 4) is 0 Å². The highest BCUT2D eigenvalue weighted by molar-refractivity contribution is 8.14. The van der Waals surface area contributed by atoms with Crippen molar-refractivity contribution < 1.29 is 9.59 Å². The summed E-state index contributed by atoms with van der Waals surface area (Å²) in [5.74, 6) is -0.313. The van der Waals surface area contributed by atoms with Crippen molar-refractivity contribution in [2.24, 2.45) is 21.7 Å². The lowest BCUT2D eigenvalue weighted by Crippen LogP contribution is -2.50. The van der Waals surface area contributed by atoms with Gasteiger partial charge in [-0.2, -0.15) is 0 Å². The molecular weight excluding hydrogens is 348 g/mol. The molecule has 0 radical (unpaired) electrons. The number of hydrogen-bond donors (Lipinski definition) is 2. The second-order valence-corrected chi connectivity index (χ2v) is 9.70. The highest BCUT2D eigenvalue weighted by atomic mass is 32.2. The number of hydrazone groups is 1. The predicted octanol–water partition coefficient (Wildman–Crippen LogP) is 2.85. The summed E-state index contributed by atoms with van der Waals surface area (Å²) in [7, 11) is 0. The number of rotatable bonds is 2. The molecule has 0 unspecified atom stereocenters. The van der Waals surface area contributed by atoms with E-state index >= 15 is 0 Å². The molecule has 0 saturated heterocycles. The molecule has 2 rings (SSSR count). The van der Waals surface area contributed by atoms with Crippen LogP contribution in [0.4, 0.5) is 0 Å². The van der Waals surface area contributed by atoms with Gasteiger partial charge in [0.05, 0.1) is 0 Å². The van der Waals surface area contributed by atoms with Gasteiger partial charge in [0, 0.05) is 17.4 Å². The Kier molecular flexibility index (Phi) is 5.54.